The molecule has 2 aromatic rings. The van der Waals surface area contributed by atoms with Crippen LogP contribution in [0.15, 0.2) is 40.9 Å². The van der Waals surface area contributed by atoms with Crippen molar-refractivity contribution in [3.8, 4) is 0 Å². The summed E-state index contributed by atoms with van der Waals surface area (Å²) in [5, 5.41) is 10.8. The van der Waals surface area contributed by atoms with Gasteiger partial charge in [0.05, 0.1) is 5.02 Å². The molecule has 4 heteroatoms. The fraction of sp³-hybridized carbons (Fsp3) is 0.143. The molecule has 0 bridgehead atoms. The van der Waals surface area contributed by atoms with Gasteiger partial charge >= 0.3 is 0 Å². The fourth-order valence-electron chi connectivity index (χ4n) is 1.71. The zero-order valence-corrected chi connectivity index (χ0v) is 12.0. The Morgan fingerprint density at radius 2 is 1.78 bits per heavy atom. The predicted octanol–water partition coefficient (Wildman–Crippen LogP) is 4.63. The van der Waals surface area contributed by atoms with Crippen LogP contribution in [0.2, 0.25) is 5.02 Å². The van der Waals surface area contributed by atoms with Crippen LogP contribution >= 0.6 is 27.5 Å². The standard InChI is InChI=1S/C14H11BrClFO/c1-8-6-9(3-5-13(8)17)14(18)10-2-4-11(15)12(16)7-10/h2-7,14,18H,1H3. The average molecular weight is 330 g/mol. The molecule has 18 heavy (non-hydrogen) atoms. The maximum atomic E-state index is 13.2. The van der Waals surface area contributed by atoms with E-state index in [0.29, 0.717) is 21.7 Å². The summed E-state index contributed by atoms with van der Waals surface area (Å²) >= 11 is 9.28. The third kappa shape index (κ3) is 2.74. The van der Waals surface area contributed by atoms with Crippen LogP contribution in [0.25, 0.3) is 0 Å². The van der Waals surface area contributed by atoms with E-state index in [0.717, 1.165) is 4.47 Å². The molecule has 1 nitrogen and oxygen atoms in total. The third-order valence-electron chi connectivity index (χ3n) is 2.76. The molecule has 0 saturated carbocycles. The van der Waals surface area contributed by atoms with E-state index >= 15 is 0 Å². The van der Waals surface area contributed by atoms with Crippen LogP contribution in [0.5, 0.6) is 0 Å². The van der Waals surface area contributed by atoms with Gasteiger partial charge in [-0.05, 0) is 57.7 Å². The molecule has 1 atom stereocenters. The van der Waals surface area contributed by atoms with E-state index in [2.05, 4.69) is 15.9 Å². The molecule has 0 spiro atoms. The Labute approximate surface area is 118 Å². The molecular formula is C14H11BrClFO. The molecule has 0 radical (unpaired) electrons. The quantitative estimate of drug-likeness (QED) is 0.851. The van der Waals surface area contributed by atoms with Gasteiger partial charge in [0.15, 0.2) is 0 Å². The molecule has 1 N–H and O–H groups in total. The Morgan fingerprint density at radius 1 is 1.17 bits per heavy atom. The van der Waals surface area contributed by atoms with E-state index in [-0.39, 0.29) is 5.82 Å². The highest BCUT2D eigenvalue weighted by molar-refractivity contribution is 9.10. The summed E-state index contributed by atoms with van der Waals surface area (Å²) in [5.74, 6) is -0.278. The van der Waals surface area contributed by atoms with Crippen molar-refractivity contribution in [3.63, 3.8) is 0 Å². The maximum Gasteiger partial charge on any atom is 0.126 e. The highest BCUT2D eigenvalue weighted by Gasteiger charge is 2.13. The second kappa shape index (κ2) is 5.39. The molecule has 94 valence electrons. The first-order valence-corrected chi connectivity index (χ1v) is 6.55. The average Bonchev–Trinajstić information content (AvgIpc) is 2.35. The minimum absolute atomic E-state index is 0.278. The van der Waals surface area contributed by atoms with Crippen LogP contribution in [0, 0.1) is 12.7 Å². The number of benzene rings is 2. The largest absolute Gasteiger partial charge is 0.384 e. The Bertz CT molecular complexity index is 535. The first-order chi connectivity index (χ1) is 8.49. The van der Waals surface area contributed by atoms with E-state index in [1.54, 1.807) is 37.3 Å². The summed E-state index contributed by atoms with van der Waals surface area (Å²) in [5.41, 5.74) is 1.83. The highest BCUT2D eigenvalue weighted by Crippen LogP contribution is 2.29. The number of aliphatic hydroxyl groups excluding tert-OH is 1. The summed E-state index contributed by atoms with van der Waals surface area (Å²) in [4.78, 5) is 0. The molecule has 0 aliphatic heterocycles. The van der Waals surface area contributed by atoms with Crippen LogP contribution in [0.1, 0.15) is 22.8 Å². The van der Waals surface area contributed by atoms with Crippen molar-refractivity contribution in [3.05, 3.63) is 68.4 Å². The lowest BCUT2D eigenvalue weighted by Crippen LogP contribution is -2.00. The van der Waals surface area contributed by atoms with E-state index in [4.69, 9.17) is 11.6 Å². The topological polar surface area (TPSA) is 20.2 Å². The lowest BCUT2D eigenvalue weighted by Gasteiger charge is -2.13. The molecule has 0 aliphatic rings. The molecule has 0 heterocycles. The molecule has 0 amide bonds. The van der Waals surface area contributed by atoms with E-state index in [1.165, 1.54) is 6.07 Å². The minimum Gasteiger partial charge on any atom is -0.384 e. The van der Waals surface area contributed by atoms with Gasteiger partial charge in [0.25, 0.3) is 0 Å². The van der Waals surface area contributed by atoms with Crippen LogP contribution < -0.4 is 0 Å². The molecule has 0 fully saturated rings. The lowest BCUT2D eigenvalue weighted by molar-refractivity contribution is 0.220. The molecule has 0 aliphatic carbocycles. The van der Waals surface area contributed by atoms with E-state index in [9.17, 15) is 9.50 Å². The van der Waals surface area contributed by atoms with Gasteiger partial charge in [-0.15, -0.1) is 0 Å². The van der Waals surface area contributed by atoms with Crippen LogP contribution in [-0.4, -0.2) is 5.11 Å². The summed E-state index contributed by atoms with van der Waals surface area (Å²) in [6.45, 7) is 1.67. The summed E-state index contributed by atoms with van der Waals surface area (Å²) in [6.07, 6.45) is -0.810. The molecule has 2 rings (SSSR count). The molecule has 1 unspecified atom stereocenters. The maximum absolute atomic E-state index is 13.2. The Balaban J connectivity index is 2.37. The monoisotopic (exact) mass is 328 g/mol. The van der Waals surface area contributed by atoms with Crippen molar-refractivity contribution in [1.82, 2.24) is 0 Å². The summed E-state index contributed by atoms with van der Waals surface area (Å²) in [7, 11) is 0. The van der Waals surface area contributed by atoms with Gasteiger partial charge in [0.2, 0.25) is 0 Å². The highest BCUT2D eigenvalue weighted by atomic mass is 79.9. The summed E-state index contributed by atoms with van der Waals surface area (Å²) < 4.78 is 13.9. The Hall–Kier alpha value is -0.900. The Morgan fingerprint density at radius 3 is 2.39 bits per heavy atom. The van der Waals surface area contributed by atoms with Crippen LogP contribution in [0.3, 0.4) is 0 Å². The number of hydrogen-bond acceptors (Lipinski definition) is 1. The lowest BCUT2D eigenvalue weighted by atomic mass is 10.00. The van der Waals surface area contributed by atoms with Crippen LogP contribution in [0.4, 0.5) is 4.39 Å². The second-order valence-electron chi connectivity index (χ2n) is 4.08. The SMILES string of the molecule is Cc1cc(C(O)c2ccc(Br)c(Cl)c2)ccc1F. The van der Waals surface area contributed by atoms with Gasteiger partial charge in [0.1, 0.15) is 11.9 Å². The van der Waals surface area contributed by atoms with Crippen molar-refractivity contribution >= 4 is 27.5 Å². The normalized spacial score (nSPS) is 12.5. The van der Waals surface area contributed by atoms with Crippen molar-refractivity contribution in [2.24, 2.45) is 0 Å². The first kappa shape index (κ1) is 13.5. The number of hydrogen-bond donors (Lipinski definition) is 1. The first-order valence-electron chi connectivity index (χ1n) is 5.38. The second-order valence-corrected chi connectivity index (χ2v) is 5.35. The van der Waals surface area contributed by atoms with Crippen molar-refractivity contribution in [2.45, 2.75) is 13.0 Å². The summed E-state index contributed by atoms with van der Waals surface area (Å²) in [6, 6.07) is 9.80. The number of aryl methyl sites for hydroxylation is 1. The van der Waals surface area contributed by atoms with Crippen LogP contribution in [-0.2, 0) is 0 Å². The van der Waals surface area contributed by atoms with Gasteiger partial charge in [-0.3, -0.25) is 0 Å². The van der Waals surface area contributed by atoms with E-state index in [1.807, 2.05) is 0 Å². The fourth-order valence-corrected chi connectivity index (χ4v) is 2.15. The smallest absolute Gasteiger partial charge is 0.126 e. The van der Waals surface area contributed by atoms with Crippen molar-refractivity contribution in [2.75, 3.05) is 0 Å². The molecule has 0 saturated heterocycles. The zero-order valence-electron chi connectivity index (χ0n) is 9.62. The predicted molar refractivity (Wildman–Crippen MR) is 74.4 cm³/mol. The minimum atomic E-state index is -0.810. The van der Waals surface area contributed by atoms with Crippen molar-refractivity contribution in [1.29, 1.82) is 0 Å². The van der Waals surface area contributed by atoms with Gasteiger partial charge in [-0.1, -0.05) is 29.8 Å². The molecular weight excluding hydrogens is 319 g/mol. The third-order valence-corrected chi connectivity index (χ3v) is 3.99. The molecule has 2 aromatic carbocycles. The number of halogens is 3. The van der Waals surface area contributed by atoms with Gasteiger partial charge in [0, 0.05) is 4.47 Å². The van der Waals surface area contributed by atoms with Crippen molar-refractivity contribution < 1.29 is 9.50 Å². The molecule has 0 aromatic heterocycles. The van der Waals surface area contributed by atoms with E-state index < -0.39 is 6.10 Å². The number of rotatable bonds is 2. The Kier molecular flexibility index (Phi) is 4.05. The van der Waals surface area contributed by atoms with Gasteiger partial charge in [-0.25, -0.2) is 4.39 Å². The van der Waals surface area contributed by atoms with Gasteiger partial charge in [-0.2, -0.15) is 0 Å². The van der Waals surface area contributed by atoms with Gasteiger partial charge < -0.3 is 5.11 Å². The number of aliphatic hydroxyl groups is 1. The zero-order chi connectivity index (χ0) is 13.3.